The zero-order valence-corrected chi connectivity index (χ0v) is 9.84. The largest absolute Gasteiger partial charge is 0.468 e. The summed E-state index contributed by atoms with van der Waals surface area (Å²) in [4.78, 5) is 11.7. The van der Waals surface area contributed by atoms with Crippen LogP contribution in [-0.4, -0.2) is 38.4 Å². The molecule has 0 amide bonds. The van der Waals surface area contributed by atoms with Crippen LogP contribution in [0.1, 0.15) is 32.6 Å². The van der Waals surface area contributed by atoms with Crippen LogP contribution in [0, 0.1) is 0 Å². The third kappa shape index (κ3) is 2.69. The molecule has 1 saturated heterocycles. The fourth-order valence-corrected chi connectivity index (χ4v) is 2.17. The molecule has 0 aliphatic carbocycles. The molecule has 0 aromatic carbocycles. The van der Waals surface area contributed by atoms with Gasteiger partial charge in [0.25, 0.3) is 0 Å². The Balaban J connectivity index is 2.68. The van der Waals surface area contributed by atoms with E-state index in [0.29, 0.717) is 19.4 Å². The Morgan fingerprint density at radius 2 is 2.40 bits per heavy atom. The van der Waals surface area contributed by atoms with Gasteiger partial charge in [0.15, 0.2) is 0 Å². The minimum atomic E-state index is -0.535. The molecule has 0 bridgehead atoms. The second-order valence-electron chi connectivity index (χ2n) is 4.06. The summed E-state index contributed by atoms with van der Waals surface area (Å²) in [5.41, 5.74) is -0.535. The maximum atomic E-state index is 11.7. The highest BCUT2D eigenvalue weighted by Crippen LogP contribution is 2.27. The summed E-state index contributed by atoms with van der Waals surface area (Å²) in [6.45, 7) is 2.75. The van der Waals surface area contributed by atoms with Gasteiger partial charge >= 0.3 is 5.97 Å². The predicted octanol–water partition coefficient (Wildman–Crippen LogP) is 1.10. The van der Waals surface area contributed by atoms with Crippen molar-refractivity contribution in [3.63, 3.8) is 0 Å². The van der Waals surface area contributed by atoms with Gasteiger partial charge in [0.05, 0.1) is 13.2 Å². The highest BCUT2D eigenvalue weighted by molar-refractivity contribution is 5.80. The van der Waals surface area contributed by atoms with Crippen LogP contribution in [0.5, 0.6) is 0 Å². The van der Waals surface area contributed by atoms with Crippen LogP contribution >= 0.6 is 0 Å². The Bertz CT molecular complexity index is 218. The van der Waals surface area contributed by atoms with Gasteiger partial charge in [-0.25, -0.2) is 0 Å². The molecule has 0 radical (unpaired) electrons. The molecule has 4 nitrogen and oxygen atoms in total. The number of ether oxygens (including phenoxy) is 2. The molecule has 1 aliphatic rings. The summed E-state index contributed by atoms with van der Waals surface area (Å²) in [6, 6.07) is 0. The van der Waals surface area contributed by atoms with E-state index in [2.05, 4.69) is 12.2 Å². The highest BCUT2D eigenvalue weighted by Gasteiger charge is 2.42. The number of hydrogen-bond acceptors (Lipinski definition) is 4. The van der Waals surface area contributed by atoms with Gasteiger partial charge < -0.3 is 14.8 Å². The third-order valence-electron chi connectivity index (χ3n) is 3.12. The third-order valence-corrected chi connectivity index (χ3v) is 3.12. The van der Waals surface area contributed by atoms with Crippen LogP contribution < -0.4 is 5.32 Å². The fourth-order valence-electron chi connectivity index (χ4n) is 2.17. The van der Waals surface area contributed by atoms with Gasteiger partial charge in [0.1, 0.15) is 5.54 Å². The van der Waals surface area contributed by atoms with Gasteiger partial charge in [0.2, 0.25) is 0 Å². The predicted molar refractivity (Wildman–Crippen MR) is 57.7 cm³/mol. The van der Waals surface area contributed by atoms with Gasteiger partial charge in [-0.05, 0) is 19.9 Å². The first-order valence-corrected chi connectivity index (χ1v) is 5.57. The molecular formula is C11H21NO3. The van der Waals surface area contributed by atoms with Crippen molar-refractivity contribution in [1.29, 1.82) is 0 Å². The van der Waals surface area contributed by atoms with Crippen molar-refractivity contribution < 1.29 is 14.3 Å². The number of methoxy groups -OCH3 is 1. The summed E-state index contributed by atoms with van der Waals surface area (Å²) in [5.74, 6) is -0.172. The van der Waals surface area contributed by atoms with Crippen LogP contribution in [-0.2, 0) is 14.3 Å². The standard InChI is InChI=1S/C11H21NO3/c1-4-5-9-8-11(12-2,6-7-15-9)10(13)14-3/h9,12H,4-8H2,1-3H3. The maximum Gasteiger partial charge on any atom is 0.326 e. The molecule has 1 aliphatic heterocycles. The topological polar surface area (TPSA) is 47.6 Å². The zero-order chi connectivity index (χ0) is 11.3. The number of esters is 1. The Labute approximate surface area is 91.3 Å². The zero-order valence-electron chi connectivity index (χ0n) is 9.84. The van der Waals surface area contributed by atoms with Gasteiger partial charge in [-0.2, -0.15) is 0 Å². The Morgan fingerprint density at radius 3 is 2.93 bits per heavy atom. The first-order chi connectivity index (χ1) is 7.18. The van der Waals surface area contributed by atoms with Crippen LogP contribution in [0.15, 0.2) is 0 Å². The minimum Gasteiger partial charge on any atom is -0.468 e. The van der Waals surface area contributed by atoms with Crippen molar-refractivity contribution in [1.82, 2.24) is 5.32 Å². The summed E-state index contributed by atoms with van der Waals surface area (Å²) in [7, 11) is 3.25. The van der Waals surface area contributed by atoms with E-state index in [0.717, 1.165) is 12.8 Å². The molecule has 0 aromatic heterocycles. The lowest BCUT2D eigenvalue weighted by Crippen LogP contribution is -2.56. The maximum absolute atomic E-state index is 11.7. The lowest BCUT2D eigenvalue weighted by Gasteiger charge is -2.38. The lowest BCUT2D eigenvalue weighted by atomic mass is 9.85. The van der Waals surface area contributed by atoms with E-state index in [-0.39, 0.29) is 12.1 Å². The lowest BCUT2D eigenvalue weighted by molar-refractivity contribution is -0.155. The molecule has 0 aromatic rings. The molecule has 0 spiro atoms. The van der Waals surface area contributed by atoms with Crippen LogP contribution in [0.2, 0.25) is 0 Å². The Hall–Kier alpha value is -0.610. The minimum absolute atomic E-state index is 0.172. The average Bonchev–Trinajstić information content (AvgIpc) is 2.28. The molecule has 4 heteroatoms. The van der Waals surface area contributed by atoms with Gasteiger partial charge in [-0.3, -0.25) is 4.79 Å². The molecule has 1 fully saturated rings. The molecule has 2 unspecified atom stereocenters. The molecule has 88 valence electrons. The van der Waals surface area contributed by atoms with Gasteiger partial charge in [-0.15, -0.1) is 0 Å². The molecule has 1 heterocycles. The van der Waals surface area contributed by atoms with E-state index < -0.39 is 5.54 Å². The second-order valence-corrected chi connectivity index (χ2v) is 4.06. The SMILES string of the molecule is CCCC1CC(NC)(C(=O)OC)CCO1. The Morgan fingerprint density at radius 1 is 1.67 bits per heavy atom. The number of rotatable bonds is 4. The number of carbonyl (C=O) groups excluding carboxylic acids is 1. The van der Waals surface area contributed by atoms with Crippen molar-refractivity contribution in [2.75, 3.05) is 20.8 Å². The molecule has 15 heavy (non-hydrogen) atoms. The first-order valence-electron chi connectivity index (χ1n) is 5.57. The van der Waals surface area contributed by atoms with E-state index in [9.17, 15) is 4.79 Å². The number of nitrogens with one attached hydrogen (secondary N) is 1. The quantitative estimate of drug-likeness (QED) is 0.713. The van der Waals surface area contributed by atoms with Crippen molar-refractivity contribution in [2.45, 2.75) is 44.2 Å². The second kappa shape index (κ2) is 5.47. The highest BCUT2D eigenvalue weighted by atomic mass is 16.5. The number of likely N-dealkylation sites (N-methyl/N-ethyl adjacent to an activating group) is 1. The van der Waals surface area contributed by atoms with E-state index in [4.69, 9.17) is 9.47 Å². The average molecular weight is 215 g/mol. The Kier molecular flexibility index (Phi) is 4.54. The molecule has 0 saturated carbocycles. The van der Waals surface area contributed by atoms with Crippen LogP contribution in [0.3, 0.4) is 0 Å². The summed E-state index contributed by atoms with van der Waals surface area (Å²) in [5, 5.41) is 3.10. The monoisotopic (exact) mass is 215 g/mol. The smallest absolute Gasteiger partial charge is 0.326 e. The molecule has 1 N–H and O–H groups in total. The normalized spacial score (nSPS) is 31.3. The van der Waals surface area contributed by atoms with Crippen molar-refractivity contribution >= 4 is 5.97 Å². The van der Waals surface area contributed by atoms with Crippen LogP contribution in [0.4, 0.5) is 0 Å². The van der Waals surface area contributed by atoms with E-state index in [1.54, 1.807) is 0 Å². The van der Waals surface area contributed by atoms with E-state index in [1.807, 2.05) is 7.05 Å². The number of hydrogen-bond donors (Lipinski definition) is 1. The molecular weight excluding hydrogens is 194 g/mol. The molecule has 1 rings (SSSR count). The van der Waals surface area contributed by atoms with Crippen LogP contribution in [0.25, 0.3) is 0 Å². The van der Waals surface area contributed by atoms with Crippen molar-refractivity contribution in [2.24, 2.45) is 0 Å². The van der Waals surface area contributed by atoms with Crippen molar-refractivity contribution in [3.05, 3.63) is 0 Å². The number of carbonyl (C=O) groups is 1. The fraction of sp³-hybridized carbons (Fsp3) is 0.909. The van der Waals surface area contributed by atoms with Gasteiger partial charge in [0, 0.05) is 13.0 Å². The van der Waals surface area contributed by atoms with Gasteiger partial charge in [-0.1, -0.05) is 13.3 Å². The van der Waals surface area contributed by atoms with E-state index >= 15 is 0 Å². The molecule has 2 atom stereocenters. The van der Waals surface area contributed by atoms with E-state index in [1.165, 1.54) is 7.11 Å². The van der Waals surface area contributed by atoms with Crippen molar-refractivity contribution in [3.8, 4) is 0 Å². The summed E-state index contributed by atoms with van der Waals surface area (Å²) >= 11 is 0. The summed E-state index contributed by atoms with van der Waals surface area (Å²) < 4.78 is 10.5. The first kappa shape index (κ1) is 12.5. The summed E-state index contributed by atoms with van der Waals surface area (Å²) in [6.07, 6.45) is 3.65.